The van der Waals surface area contributed by atoms with Crippen molar-refractivity contribution in [2.24, 2.45) is 0 Å². The van der Waals surface area contributed by atoms with Gasteiger partial charge in [-0.05, 0) is 22.5 Å². The Hall–Kier alpha value is -1.73. The zero-order valence-corrected chi connectivity index (χ0v) is 19.2. The Morgan fingerprint density at radius 3 is 1.87 bits per heavy atom. The molecule has 0 saturated carbocycles. The first-order valence-corrected chi connectivity index (χ1v) is 10.0. The Bertz CT molecular complexity index is 1040. The largest absolute Gasteiger partial charge is 0.673 e. The lowest BCUT2D eigenvalue weighted by Gasteiger charge is -2.24. The van der Waals surface area contributed by atoms with Gasteiger partial charge in [-0.25, -0.2) is 0 Å². The maximum atomic E-state index is 9.75. The third kappa shape index (κ3) is 6.14. The van der Waals surface area contributed by atoms with Gasteiger partial charge in [0.25, 0.3) is 5.52 Å². The van der Waals surface area contributed by atoms with Crippen LogP contribution in [0.25, 0.3) is 16.8 Å². The molecule has 0 amide bonds. The number of rotatable bonds is 1. The first-order chi connectivity index (χ1) is 13.5. The molecule has 0 N–H and O–H groups in total. The third-order valence-electron chi connectivity index (χ3n) is 4.46. The first kappa shape index (κ1) is 24.5. The van der Waals surface area contributed by atoms with Crippen LogP contribution in [-0.2, 0) is 10.8 Å². The smallest absolute Gasteiger partial charge is 0.418 e. The lowest BCUT2D eigenvalue weighted by atomic mass is 9.80. The fourth-order valence-electron chi connectivity index (χ4n) is 2.90. The van der Waals surface area contributed by atoms with Crippen LogP contribution in [0.5, 0.6) is 0 Å². The van der Waals surface area contributed by atoms with Gasteiger partial charge in [0, 0.05) is 23.8 Å². The second kappa shape index (κ2) is 8.43. The van der Waals surface area contributed by atoms with Crippen molar-refractivity contribution in [2.75, 3.05) is 0 Å². The summed E-state index contributed by atoms with van der Waals surface area (Å²) in [4.78, 5) is 0. The van der Waals surface area contributed by atoms with Gasteiger partial charge in [-0.3, -0.25) is 0 Å². The monoisotopic (exact) mass is 463 g/mol. The molecule has 1 heterocycles. The van der Waals surface area contributed by atoms with E-state index in [0.717, 1.165) is 16.8 Å². The van der Waals surface area contributed by atoms with Gasteiger partial charge >= 0.3 is 13.6 Å². The molecule has 1 aromatic heterocycles. The summed E-state index contributed by atoms with van der Waals surface area (Å²) in [5.41, 5.74) is 5.38. The molecule has 0 unspecified atom stereocenters. The van der Waals surface area contributed by atoms with Crippen molar-refractivity contribution in [1.82, 2.24) is 0 Å². The van der Waals surface area contributed by atoms with E-state index in [-0.39, 0.29) is 10.8 Å². The number of fused-ring (bicyclic) bond motifs is 1. The highest BCUT2D eigenvalue weighted by Crippen LogP contribution is 2.35. The number of benzene rings is 2. The molecule has 164 valence electrons. The van der Waals surface area contributed by atoms with Gasteiger partial charge in [0.05, 0.1) is 10.0 Å². The Balaban J connectivity index is 0.000000575. The van der Waals surface area contributed by atoms with Crippen molar-refractivity contribution >= 4 is 41.6 Å². The molecule has 3 aromatic rings. The molecule has 9 heteroatoms. The second-order valence-corrected chi connectivity index (χ2v) is 9.87. The van der Waals surface area contributed by atoms with Crippen LogP contribution in [0.2, 0.25) is 10.0 Å². The van der Waals surface area contributed by atoms with E-state index >= 15 is 0 Å². The summed E-state index contributed by atoms with van der Waals surface area (Å²) in [5.74, 6) is 0. The van der Waals surface area contributed by atoms with Gasteiger partial charge in [-0.15, -0.1) is 4.57 Å². The van der Waals surface area contributed by atoms with Gasteiger partial charge in [0.2, 0.25) is 11.3 Å². The molecule has 30 heavy (non-hydrogen) atoms. The zero-order valence-electron chi connectivity index (χ0n) is 17.7. The Labute approximate surface area is 183 Å². The van der Waals surface area contributed by atoms with Crippen LogP contribution < -0.4 is 4.57 Å². The number of oxazole rings is 1. The number of hydrogen-bond acceptors (Lipinski definition) is 1. The Morgan fingerprint density at radius 2 is 1.40 bits per heavy atom. The Morgan fingerprint density at radius 1 is 0.833 bits per heavy atom. The summed E-state index contributed by atoms with van der Waals surface area (Å²) in [6, 6.07) is 10.1. The number of halogens is 6. The highest BCUT2D eigenvalue weighted by Gasteiger charge is 2.29. The summed E-state index contributed by atoms with van der Waals surface area (Å²) in [6.45, 7) is 13.3. The fraction of sp³-hybridized carbons (Fsp3) is 0.381. The lowest BCUT2D eigenvalue weighted by molar-refractivity contribution is -0.573. The molecule has 0 aliphatic carbocycles. The van der Waals surface area contributed by atoms with Gasteiger partial charge < -0.3 is 21.7 Å². The SMILES string of the molecule is CC(C)(C)c1cc(C(C)(C)C)c2oc[n+](-c3ccc(Cl)c(Cl)c3)c2c1.F[B-](F)(F)F. The van der Waals surface area contributed by atoms with E-state index in [1.807, 2.05) is 22.8 Å². The van der Waals surface area contributed by atoms with Crippen molar-refractivity contribution in [1.29, 1.82) is 0 Å². The summed E-state index contributed by atoms with van der Waals surface area (Å²) < 4.78 is 47.0. The molecule has 0 aliphatic rings. The molecule has 0 aliphatic heterocycles. The van der Waals surface area contributed by atoms with Gasteiger partial charge in [0.15, 0.2) is 0 Å². The maximum Gasteiger partial charge on any atom is 0.673 e. The number of nitrogens with zero attached hydrogens (tertiary/aromatic N) is 1. The molecular formula is C21H24BCl2F4NO. The van der Waals surface area contributed by atoms with Crippen LogP contribution in [-0.4, -0.2) is 7.25 Å². The zero-order chi connectivity index (χ0) is 23.1. The van der Waals surface area contributed by atoms with E-state index in [1.54, 1.807) is 6.39 Å². The van der Waals surface area contributed by atoms with E-state index in [0.29, 0.717) is 10.0 Å². The molecule has 0 bridgehead atoms. The van der Waals surface area contributed by atoms with Crippen LogP contribution in [0.15, 0.2) is 41.1 Å². The van der Waals surface area contributed by atoms with Crippen LogP contribution in [0.4, 0.5) is 17.3 Å². The minimum absolute atomic E-state index is 0.0210. The standard InChI is InChI=1S/C21H24Cl2NO.BF4/c1-20(2,3)13-9-15(21(4,5)6)19-18(10-13)24(12-25-19)14-7-8-16(22)17(23)11-14;2-1(3,4)5/h7-12H,1-6H3;/q+1;-1. The topological polar surface area (TPSA) is 17.0 Å². The molecule has 0 atom stereocenters. The van der Waals surface area contributed by atoms with Crippen LogP contribution in [0.1, 0.15) is 52.7 Å². The van der Waals surface area contributed by atoms with Crippen LogP contribution in [0.3, 0.4) is 0 Å². The summed E-state index contributed by atoms with van der Waals surface area (Å²) in [7, 11) is -6.00. The van der Waals surface area contributed by atoms with Crippen molar-refractivity contribution in [2.45, 2.75) is 52.4 Å². The van der Waals surface area contributed by atoms with E-state index < -0.39 is 7.25 Å². The van der Waals surface area contributed by atoms with E-state index in [2.05, 4.69) is 53.7 Å². The lowest BCUT2D eigenvalue weighted by Crippen LogP contribution is -2.29. The quantitative estimate of drug-likeness (QED) is 0.203. The molecule has 0 saturated heterocycles. The van der Waals surface area contributed by atoms with E-state index in [4.69, 9.17) is 27.6 Å². The highest BCUT2D eigenvalue weighted by molar-refractivity contribution is 6.50. The predicted octanol–water partition coefficient (Wildman–Crippen LogP) is 7.91. The predicted molar refractivity (Wildman–Crippen MR) is 115 cm³/mol. The second-order valence-electron chi connectivity index (χ2n) is 9.06. The van der Waals surface area contributed by atoms with Crippen molar-refractivity contribution in [3.05, 3.63) is 57.9 Å². The van der Waals surface area contributed by atoms with Crippen molar-refractivity contribution in [3.63, 3.8) is 0 Å². The number of aromatic nitrogens is 1. The third-order valence-corrected chi connectivity index (χ3v) is 5.20. The first-order valence-electron chi connectivity index (χ1n) is 9.29. The minimum atomic E-state index is -6.00. The van der Waals surface area contributed by atoms with Crippen molar-refractivity contribution < 1.29 is 26.2 Å². The van der Waals surface area contributed by atoms with E-state index in [1.165, 1.54) is 11.1 Å². The highest BCUT2D eigenvalue weighted by atomic mass is 35.5. The summed E-state index contributed by atoms with van der Waals surface area (Å²) in [6.07, 6.45) is 1.74. The molecule has 0 spiro atoms. The normalized spacial score (nSPS) is 12.7. The van der Waals surface area contributed by atoms with Crippen molar-refractivity contribution in [3.8, 4) is 5.69 Å². The fourth-order valence-corrected chi connectivity index (χ4v) is 3.20. The average molecular weight is 464 g/mol. The summed E-state index contributed by atoms with van der Waals surface area (Å²) >= 11 is 12.3. The van der Waals surface area contributed by atoms with Gasteiger partial charge in [-0.1, -0.05) is 70.8 Å². The molecule has 2 aromatic carbocycles. The maximum absolute atomic E-state index is 9.75. The molecule has 3 rings (SSSR count). The Kier molecular flexibility index (Phi) is 6.89. The van der Waals surface area contributed by atoms with Crippen LogP contribution >= 0.6 is 23.2 Å². The molecule has 2 nitrogen and oxygen atoms in total. The van der Waals surface area contributed by atoms with E-state index in [9.17, 15) is 17.3 Å². The average Bonchev–Trinajstić information content (AvgIpc) is 2.97. The van der Waals surface area contributed by atoms with Crippen LogP contribution in [0, 0.1) is 0 Å². The van der Waals surface area contributed by atoms with Gasteiger partial charge in [0.1, 0.15) is 0 Å². The minimum Gasteiger partial charge on any atom is -0.418 e. The molecule has 0 radical (unpaired) electrons. The number of hydrogen-bond donors (Lipinski definition) is 0. The van der Waals surface area contributed by atoms with Gasteiger partial charge in [-0.2, -0.15) is 0 Å². The molecular weight excluding hydrogens is 440 g/mol. The summed E-state index contributed by atoms with van der Waals surface area (Å²) in [5, 5.41) is 1.08. The molecule has 0 fully saturated rings.